The number of hydrogen-bond donors (Lipinski definition) is 1. The van der Waals surface area contributed by atoms with Crippen molar-refractivity contribution >= 4 is 5.91 Å². The number of hydrogen-bond acceptors (Lipinski definition) is 4. The molecule has 0 bridgehead atoms. The molecule has 0 unspecified atom stereocenters. The molecule has 1 aliphatic carbocycles. The summed E-state index contributed by atoms with van der Waals surface area (Å²) in [6.07, 6.45) is -0.609. The van der Waals surface area contributed by atoms with Crippen molar-refractivity contribution in [3.63, 3.8) is 0 Å². The number of rotatable bonds is 2. The van der Waals surface area contributed by atoms with Crippen molar-refractivity contribution in [1.82, 2.24) is 19.9 Å². The molecule has 9 heteroatoms. The number of aryl methyl sites for hydroxylation is 1. The molecule has 1 N–H and O–H groups in total. The van der Waals surface area contributed by atoms with Gasteiger partial charge in [0, 0.05) is 24.8 Å². The molecule has 148 valence electrons. The lowest BCUT2D eigenvalue weighted by Gasteiger charge is -2.32. The molecule has 2 aromatic heterocycles. The number of halogens is 3. The summed E-state index contributed by atoms with van der Waals surface area (Å²) in [7, 11) is 0. The normalized spacial score (nSPS) is 17.6. The third-order valence-electron chi connectivity index (χ3n) is 5.44. The van der Waals surface area contributed by atoms with Gasteiger partial charge in [-0.1, -0.05) is 0 Å². The van der Waals surface area contributed by atoms with Crippen molar-refractivity contribution in [2.75, 3.05) is 13.1 Å². The van der Waals surface area contributed by atoms with E-state index < -0.39 is 12.1 Å². The fourth-order valence-corrected chi connectivity index (χ4v) is 3.82. The topological polar surface area (TPSA) is 79.0 Å². The van der Waals surface area contributed by atoms with Gasteiger partial charge in [0.15, 0.2) is 5.82 Å². The molecule has 4 rings (SSSR count). The lowest BCUT2D eigenvalue weighted by Crippen LogP contribution is -2.42. The van der Waals surface area contributed by atoms with Crippen LogP contribution < -0.4 is 5.56 Å². The van der Waals surface area contributed by atoms with Gasteiger partial charge in [0.2, 0.25) is 0 Å². The number of aromatic amines is 1. The maximum Gasteiger partial charge on any atom is 0.391 e. The molecule has 2 aromatic rings. The maximum atomic E-state index is 12.8. The van der Waals surface area contributed by atoms with Crippen molar-refractivity contribution in [3.05, 3.63) is 45.5 Å². The highest BCUT2D eigenvalue weighted by Gasteiger charge is 2.41. The van der Waals surface area contributed by atoms with Gasteiger partial charge >= 0.3 is 6.18 Å². The summed E-state index contributed by atoms with van der Waals surface area (Å²) < 4.78 is 38.3. The first kappa shape index (κ1) is 18.6. The minimum Gasteiger partial charge on any atom is -0.339 e. The van der Waals surface area contributed by atoms with E-state index >= 15 is 0 Å². The summed E-state index contributed by atoms with van der Waals surface area (Å²) in [5.41, 5.74) is 2.09. The van der Waals surface area contributed by atoms with Crippen molar-refractivity contribution in [2.45, 2.75) is 38.3 Å². The van der Waals surface area contributed by atoms with Crippen LogP contribution in [0.2, 0.25) is 0 Å². The Kier molecular flexibility index (Phi) is 4.68. The van der Waals surface area contributed by atoms with E-state index in [1.54, 1.807) is 12.1 Å². The molecule has 3 heterocycles. The van der Waals surface area contributed by atoms with E-state index in [1.807, 2.05) is 0 Å². The third-order valence-corrected chi connectivity index (χ3v) is 5.44. The fraction of sp³-hybridized carbons (Fsp3) is 0.474. The second-order valence-corrected chi connectivity index (χ2v) is 7.23. The average molecular weight is 392 g/mol. The van der Waals surface area contributed by atoms with E-state index in [1.165, 1.54) is 11.1 Å². The van der Waals surface area contributed by atoms with E-state index in [4.69, 9.17) is 0 Å². The highest BCUT2D eigenvalue weighted by molar-refractivity contribution is 5.94. The number of fused-ring (bicyclic) bond motifs is 1. The van der Waals surface area contributed by atoms with Crippen molar-refractivity contribution in [1.29, 1.82) is 0 Å². The van der Waals surface area contributed by atoms with E-state index in [2.05, 4.69) is 15.0 Å². The Morgan fingerprint density at radius 1 is 1.18 bits per heavy atom. The molecule has 6 nitrogen and oxygen atoms in total. The van der Waals surface area contributed by atoms with Gasteiger partial charge in [0.25, 0.3) is 11.5 Å². The van der Waals surface area contributed by atoms with Crippen LogP contribution in [0.1, 0.15) is 40.9 Å². The Labute approximate surface area is 158 Å². The molecule has 1 saturated heterocycles. The Bertz CT molecular complexity index is 945. The number of alkyl halides is 3. The van der Waals surface area contributed by atoms with Crippen molar-refractivity contribution in [2.24, 2.45) is 5.92 Å². The van der Waals surface area contributed by atoms with Crippen LogP contribution in [0, 0.1) is 5.92 Å². The Morgan fingerprint density at radius 2 is 1.93 bits per heavy atom. The number of pyridine rings is 1. The second kappa shape index (κ2) is 7.03. The molecule has 1 aliphatic heterocycles. The highest BCUT2D eigenvalue weighted by Crippen LogP contribution is 2.34. The molecule has 0 aromatic carbocycles. The zero-order valence-electron chi connectivity index (χ0n) is 15.1. The largest absolute Gasteiger partial charge is 0.391 e. The zero-order valence-corrected chi connectivity index (χ0v) is 15.1. The minimum atomic E-state index is -4.21. The van der Waals surface area contributed by atoms with Crippen LogP contribution in [-0.2, 0) is 12.8 Å². The van der Waals surface area contributed by atoms with Crippen LogP contribution in [0.25, 0.3) is 11.5 Å². The van der Waals surface area contributed by atoms with Crippen LogP contribution in [0.3, 0.4) is 0 Å². The summed E-state index contributed by atoms with van der Waals surface area (Å²) >= 11 is 0. The number of carbonyl (C=O) groups is 1. The zero-order chi connectivity index (χ0) is 19.9. The van der Waals surface area contributed by atoms with Gasteiger partial charge in [0.05, 0.1) is 17.2 Å². The molecular formula is C19H19F3N4O2. The highest BCUT2D eigenvalue weighted by atomic mass is 19.4. The van der Waals surface area contributed by atoms with Crippen LogP contribution in [0.4, 0.5) is 13.2 Å². The van der Waals surface area contributed by atoms with E-state index in [9.17, 15) is 22.8 Å². The van der Waals surface area contributed by atoms with Gasteiger partial charge in [-0.2, -0.15) is 13.2 Å². The monoisotopic (exact) mass is 392 g/mol. The molecule has 0 spiro atoms. The number of nitrogens with one attached hydrogen (secondary N) is 1. The molecule has 1 amide bonds. The summed E-state index contributed by atoms with van der Waals surface area (Å²) in [5, 5.41) is 0. The van der Waals surface area contributed by atoms with Crippen LogP contribution in [0.15, 0.2) is 23.1 Å². The Hall–Kier alpha value is -2.71. The van der Waals surface area contributed by atoms with E-state index in [0.29, 0.717) is 17.1 Å². The molecule has 1 fully saturated rings. The smallest absolute Gasteiger partial charge is 0.339 e. The molecule has 0 saturated carbocycles. The summed E-state index contributed by atoms with van der Waals surface area (Å²) in [4.78, 5) is 37.5. The number of piperidine rings is 1. The quantitative estimate of drug-likeness (QED) is 0.853. The third kappa shape index (κ3) is 3.53. The lowest BCUT2D eigenvalue weighted by molar-refractivity contribution is -0.183. The van der Waals surface area contributed by atoms with Gasteiger partial charge in [0.1, 0.15) is 5.69 Å². The first-order valence-corrected chi connectivity index (χ1v) is 9.27. The first-order valence-electron chi connectivity index (χ1n) is 9.27. The molecule has 0 radical (unpaired) electrons. The van der Waals surface area contributed by atoms with E-state index in [-0.39, 0.29) is 37.4 Å². The second-order valence-electron chi connectivity index (χ2n) is 7.23. The van der Waals surface area contributed by atoms with Crippen molar-refractivity contribution in [3.8, 4) is 11.5 Å². The predicted octanol–water partition coefficient (Wildman–Crippen LogP) is 2.74. The van der Waals surface area contributed by atoms with Crippen molar-refractivity contribution < 1.29 is 18.0 Å². The molecule has 2 aliphatic rings. The molecule has 0 atom stereocenters. The Balaban J connectivity index is 1.47. The molecule has 28 heavy (non-hydrogen) atoms. The summed E-state index contributed by atoms with van der Waals surface area (Å²) in [6.45, 7) is 0.148. The van der Waals surface area contributed by atoms with Gasteiger partial charge in [-0.25, -0.2) is 4.98 Å². The first-order chi connectivity index (χ1) is 13.3. The molecular weight excluding hydrogens is 373 g/mol. The summed E-state index contributed by atoms with van der Waals surface area (Å²) in [5.74, 6) is -1.33. The number of aromatic nitrogens is 3. The number of carbonyl (C=O) groups excluding carboxylic acids is 1. The maximum absolute atomic E-state index is 12.8. The van der Waals surface area contributed by atoms with Gasteiger partial charge < -0.3 is 9.88 Å². The van der Waals surface area contributed by atoms with Crippen LogP contribution in [-0.4, -0.2) is 45.0 Å². The van der Waals surface area contributed by atoms with Gasteiger partial charge in [-0.15, -0.1) is 0 Å². The minimum absolute atomic E-state index is 0.0739. The van der Waals surface area contributed by atoms with Gasteiger partial charge in [-0.05, 0) is 44.2 Å². The lowest BCUT2D eigenvalue weighted by atomic mass is 9.96. The number of amides is 1. The standard InChI is InChI=1S/C19H19F3N4O2/c20-19(21,22)12-6-8-26(9-7-12)18(28)11-4-5-15(23-10-11)16-24-14-3-1-2-13(14)17(27)25-16/h4-5,10,12H,1-3,6-9H2,(H,24,25,27). The summed E-state index contributed by atoms with van der Waals surface area (Å²) in [6, 6.07) is 3.16. The SMILES string of the molecule is O=C(c1ccc(-c2nc3c(c(=O)[nH]2)CCC3)nc1)N1CCC(C(F)(F)F)CC1. The van der Waals surface area contributed by atoms with E-state index in [0.717, 1.165) is 30.5 Å². The predicted molar refractivity (Wildman–Crippen MR) is 94.8 cm³/mol. The number of nitrogens with zero attached hydrogens (tertiary/aromatic N) is 3. The number of H-pyrrole nitrogens is 1. The number of likely N-dealkylation sites (tertiary alicyclic amines) is 1. The fourth-order valence-electron chi connectivity index (χ4n) is 3.82. The van der Waals surface area contributed by atoms with Crippen LogP contribution >= 0.6 is 0 Å². The van der Waals surface area contributed by atoms with Gasteiger partial charge in [-0.3, -0.25) is 14.6 Å². The average Bonchev–Trinajstić information content (AvgIpc) is 3.16. The van der Waals surface area contributed by atoms with Crippen LogP contribution in [0.5, 0.6) is 0 Å². The Morgan fingerprint density at radius 3 is 2.57 bits per heavy atom.